The molecule has 0 aliphatic rings. The van der Waals surface area contributed by atoms with Crippen LogP contribution in [-0.2, 0) is 0 Å². The van der Waals surface area contributed by atoms with E-state index in [0.717, 1.165) is 29.2 Å². The predicted molar refractivity (Wildman–Crippen MR) is 72.9 cm³/mol. The molecule has 16 heavy (non-hydrogen) atoms. The van der Waals surface area contributed by atoms with Gasteiger partial charge in [-0.05, 0) is 36.6 Å². The first-order valence-corrected chi connectivity index (χ1v) is 6.11. The normalized spacial score (nSPS) is 11.6. The lowest BCUT2D eigenvalue weighted by Crippen LogP contribution is -2.19. The Balaban J connectivity index is 2.41. The molecule has 0 bridgehead atoms. The van der Waals surface area contributed by atoms with Crippen LogP contribution in [-0.4, -0.2) is 13.1 Å². The summed E-state index contributed by atoms with van der Waals surface area (Å²) >= 11 is 6.05. The Morgan fingerprint density at radius 2 is 2.12 bits per heavy atom. The van der Waals surface area contributed by atoms with Gasteiger partial charge in [-0.15, -0.1) is 0 Å². The molecule has 0 radical (unpaired) electrons. The van der Waals surface area contributed by atoms with E-state index in [0.29, 0.717) is 5.92 Å². The summed E-state index contributed by atoms with van der Waals surface area (Å²) in [6.07, 6.45) is 4.22. The van der Waals surface area contributed by atoms with Crippen molar-refractivity contribution < 1.29 is 0 Å². The molecule has 0 spiro atoms. The molecule has 0 aromatic heterocycles. The highest BCUT2D eigenvalue weighted by molar-refractivity contribution is 6.31. The molecule has 0 aliphatic heterocycles. The minimum Gasteiger partial charge on any atom is -0.313 e. The predicted octanol–water partition coefficient (Wildman–Crippen LogP) is 3.91. The van der Waals surface area contributed by atoms with Crippen molar-refractivity contribution in [2.45, 2.75) is 20.8 Å². The smallest absolute Gasteiger partial charge is 0.0441 e. The van der Waals surface area contributed by atoms with Crippen LogP contribution in [0.5, 0.6) is 0 Å². The van der Waals surface area contributed by atoms with E-state index in [1.807, 2.05) is 19.1 Å². The van der Waals surface area contributed by atoms with Gasteiger partial charge in [0, 0.05) is 11.6 Å². The zero-order chi connectivity index (χ0) is 12.0. The molecular formula is C14H20ClN. The molecule has 88 valence electrons. The molecule has 1 rings (SSSR count). The van der Waals surface area contributed by atoms with Crippen molar-refractivity contribution in [2.24, 2.45) is 5.92 Å². The molecule has 0 heterocycles. The Morgan fingerprint density at radius 1 is 1.38 bits per heavy atom. The van der Waals surface area contributed by atoms with Crippen molar-refractivity contribution in [1.82, 2.24) is 5.32 Å². The molecule has 1 N–H and O–H groups in total. The van der Waals surface area contributed by atoms with Gasteiger partial charge in [-0.1, -0.05) is 49.7 Å². The summed E-state index contributed by atoms with van der Waals surface area (Å²) < 4.78 is 0. The molecule has 2 heteroatoms. The van der Waals surface area contributed by atoms with Gasteiger partial charge in [0.1, 0.15) is 0 Å². The van der Waals surface area contributed by atoms with E-state index >= 15 is 0 Å². The van der Waals surface area contributed by atoms with Crippen LogP contribution in [0.4, 0.5) is 0 Å². The molecule has 0 fully saturated rings. The lowest BCUT2D eigenvalue weighted by atomic mass is 10.1. The van der Waals surface area contributed by atoms with Gasteiger partial charge < -0.3 is 5.32 Å². The first kappa shape index (κ1) is 13.3. The lowest BCUT2D eigenvalue weighted by molar-refractivity contribution is 0.577. The van der Waals surface area contributed by atoms with E-state index in [4.69, 9.17) is 11.6 Å². The summed E-state index contributed by atoms with van der Waals surface area (Å²) in [5.74, 6) is 0.696. The molecular weight excluding hydrogens is 218 g/mol. The number of aryl methyl sites for hydroxylation is 1. The molecule has 1 nitrogen and oxygen atoms in total. The first-order chi connectivity index (χ1) is 7.59. The fraction of sp³-hybridized carbons (Fsp3) is 0.429. The Kier molecular flexibility index (Phi) is 5.58. The summed E-state index contributed by atoms with van der Waals surface area (Å²) in [6, 6.07) is 6.12. The van der Waals surface area contributed by atoms with Crippen molar-refractivity contribution in [3.05, 3.63) is 40.4 Å². The first-order valence-electron chi connectivity index (χ1n) is 5.73. The Bertz CT molecular complexity index is 356. The number of rotatable bonds is 5. The summed E-state index contributed by atoms with van der Waals surface area (Å²) in [5.41, 5.74) is 2.28. The van der Waals surface area contributed by atoms with Crippen LogP contribution < -0.4 is 5.32 Å². The fourth-order valence-corrected chi connectivity index (χ4v) is 1.55. The van der Waals surface area contributed by atoms with Gasteiger partial charge in [0.25, 0.3) is 0 Å². The van der Waals surface area contributed by atoms with Gasteiger partial charge in [-0.2, -0.15) is 0 Å². The molecule has 0 atom stereocenters. The molecule has 1 aromatic carbocycles. The van der Waals surface area contributed by atoms with Crippen molar-refractivity contribution >= 4 is 17.7 Å². The second-order valence-corrected chi connectivity index (χ2v) is 4.87. The van der Waals surface area contributed by atoms with E-state index in [9.17, 15) is 0 Å². The van der Waals surface area contributed by atoms with Crippen LogP contribution in [0.25, 0.3) is 6.08 Å². The number of halogens is 1. The van der Waals surface area contributed by atoms with Crippen LogP contribution in [0.3, 0.4) is 0 Å². The number of nitrogens with one attached hydrogen (secondary N) is 1. The number of benzene rings is 1. The summed E-state index contributed by atoms with van der Waals surface area (Å²) in [7, 11) is 0. The number of hydrogen-bond acceptors (Lipinski definition) is 1. The molecule has 0 amide bonds. The third kappa shape index (κ3) is 4.82. The van der Waals surface area contributed by atoms with Gasteiger partial charge in [0.2, 0.25) is 0 Å². The van der Waals surface area contributed by atoms with Crippen LogP contribution >= 0.6 is 11.6 Å². The minimum atomic E-state index is 0.696. The highest BCUT2D eigenvalue weighted by Gasteiger charge is 1.94. The Hall–Kier alpha value is -0.790. The monoisotopic (exact) mass is 237 g/mol. The highest BCUT2D eigenvalue weighted by atomic mass is 35.5. The standard InChI is InChI=1S/C14H20ClN/c1-11(2)10-16-8-4-5-13-7-6-12(3)14(15)9-13/h4-7,9,11,16H,8,10H2,1-3H3/b5-4+. The lowest BCUT2D eigenvalue weighted by Gasteiger charge is -2.04. The largest absolute Gasteiger partial charge is 0.313 e. The van der Waals surface area contributed by atoms with E-state index < -0.39 is 0 Å². The van der Waals surface area contributed by atoms with Crippen LogP contribution in [0.15, 0.2) is 24.3 Å². The van der Waals surface area contributed by atoms with Gasteiger partial charge in [-0.3, -0.25) is 0 Å². The van der Waals surface area contributed by atoms with Gasteiger partial charge in [0.15, 0.2) is 0 Å². The third-order valence-corrected chi connectivity index (χ3v) is 2.73. The summed E-state index contributed by atoms with van der Waals surface area (Å²) in [4.78, 5) is 0. The average molecular weight is 238 g/mol. The second-order valence-electron chi connectivity index (χ2n) is 4.46. The molecule has 1 aromatic rings. The van der Waals surface area contributed by atoms with Crippen LogP contribution in [0.1, 0.15) is 25.0 Å². The fourth-order valence-electron chi connectivity index (χ4n) is 1.36. The van der Waals surface area contributed by atoms with E-state index in [1.54, 1.807) is 0 Å². The maximum absolute atomic E-state index is 6.05. The third-order valence-electron chi connectivity index (χ3n) is 2.32. The zero-order valence-corrected chi connectivity index (χ0v) is 11.0. The topological polar surface area (TPSA) is 12.0 Å². The van der Waals surface area contributed by atoms with Gasteiger partial charge in [-0.25, -0.2) is 0 Å². The second kappa shape index (κ2) is 6.72. The maximum atomic E-state index is 6.05. The molecule has 0 unspecified atom stereocenters. The summed E-state index contributed by atoms with van der Waals surface area (Å²) in [5, 5.41) is 4.19. The molecule has 0 aliphatic carbocycles. The quantitative estimate of drug-likeness (QED) is 0.766. The zero-order valence-electron chi connectivity index (χ0n) is 10.3. The van der Waals surface area contributed by atoms with Crippen LogP contribution in [0.2, 0.25) is 5.02 Å². The van der Waals surface area contributed by atoms with Crippen molar-refractivity contribution in [2.75, 3.05) is 13.1 Å². The van der Waals surface area contributed by atoms with Gasteiger partial charge >= 0.3 is 0 Å². The van der Waals surface area contributed by atoms with E-state index in [1.165, 1.54) is 0 Å². The number of hydrogen-bond donors (Lipinski definition) is 1. The SMILES string of the molecule is Cc1ccc(/C=C/CNCC(C)C)cc1Cl. The van der Waals surface area contributed by atoms with Crippen LogP contribution in [0, 0.1) is 12.8 Å². The average Bonchev–Trinajstić information content (AvgIpc) is 2.22. The summed E-state index contributed by atoms with van der Waals surface area (Å²) in [6.45, 7) is 8.38. The maximum Gasteiger partial charge on any atom is 0.0441 e. The van der Waals surface area contributed by atoms with Crippen molar-refractivity contribution in [3.8, 4) is 0 Å². The van der Waals surface area contributed by atoms with E-state index in [2.05, 4.69) is 37.4 Å². The van der Waals surface area contributed by atoms with Crippen molar-refractivity contribution in [3.63, 3.8) is 0 Å². The highest BCUT2D eigenvalue weighted by Crippen LogP contribution is 2.17. The Labute approximate surface area is 104 Å². The van der Waals surface area contributed by atoms with Gasteiger partial charge in [0.05, 0.1) is 0 Å². The Morgan fingerprint density at radius 3 is 2.75 bits per heavy atom. The molecule has 0 saturated heterocycles. The van der Waals surface area contributed by atoms with E-state index in [-0.39, 0.29) is 0 Å². The molecule has 0 saturated carbocycles. The van der Waals surface area contributed by atoms with Crippen molar-refractivity contribution in [1.29, 1.82) is 0 Å². The minimum absolute atomic E-state index is 0.696.